The number of piperidine rings is 1. The van der Waals surface area contributed by atoms with Gasteiger partial charge in [0.1, 0.15) is 10.6 Å². The third-order valence-electron chi connectivity index (χ3n) is 5.17. The Morgan fingerprint density at radius 3 is 2.50 bits per heavy atom. The Balaban J connectivity index is 2.00. The van der Waals surface area contributed by atoms with Crippen molar-refractivity contribution in [2.75, 3.05) is 5.43 Å². The van der Waals surface area contributed by atoms with Gasteiger partial charge in [-0.3, -0.25) is 15.5 Å². The van der Waals surface area contributed by atoms with Crippen LogP contribution in [0.3, 0.4) is 0 Å². The minimum Gasteiger partial charge on any atom is -0.507 e. The van der Waals surface area contributed by atoms with E-state index in [0.29, 0.717) is 5.56 Å². The lowest BCUT2D eigenvalue weighted by molar-refractivity contribution is -0.385. The number of aromatic hydroxyl groups is 1. The molecule has 0 radical (unpaired) electrons. The molecular formula is C20H24N4O5S. The molecule has 2 aromatic rings. The fourth-order valence-corrected chi connectivity index (χ4v) is 5.73. The Kier molecular flexibility index (Phi) is 6.37. The molecule has 1 heterocycles. The quantitative estimate of drug-likeness (QED) is 0.407. The van der Waals surface area contributed by atoms with Gasteiger partial charge in [0.05, 0.1) is 16.8 Å². The first-order valence-electron chi connectivity index (χ1n) is 9.61. The average molecular weight is 433 g/mol. The molecule has 1 aliphatic heterocycles. The van der Waals surface area contributed by atoms with Crippen molar-refractivity contribution in [3.63, 3.8) is 0 Å². The van der Waals surface area contributed by atoms with E-state index in [2.05, 4.69) is 10.5 Å². The number of phenols is 1. The fourth-order valence-electron chi connectivity index (χ4n) is 3.68. The maximum absolute atomic E-state index is 13.5. The molecule has 2 aromatic carbocycles. The summed E-state index contributed by atoms with van der Waals surface area (Å²) in [5.74, 6) is 0.0237. The summed E-state index contributed by atoms with van der Waals surface area (Å²) in [6.45, 7) is 3.68. The molecule has 0 saturated carbocycles. The number of hydrogen-bond acceptors (Lipinski definition) is 7. The number of nitrogens with one attached hydrogen (secondary N) is 1. The van der Waals surface area contributed by atoms with Gasteiger partial charge in [-0.1, -0.05) is 18.6 Å². The van der Waals surface area contributed by atoms with Crippen molar-refractivity contribution in [2.45, 2.75) is 50.1 Å². The SMILES string of the molecule is C[C@@H]1CCC[C@@H](C)N1S(=O)(=O)c1cc([N+](=O)[O-])ccc1N/N=C\c1ccccc1O. The van der Waals surface area contributed by atoms with Gasteiger partial charge in [0.2, 0.25) is 10.0 Å². The number of sulfonamides is 1. The van der Waals surface area contributed by atoms with E-state index in [1.165, 1.54) is 28.7 Å². The average Bonchev–Trinajstić information content (AvgIpc) is 2.69. The van der Waals surface area contributed by atoms with Crippen molar-refractivity contribution in [1.82, 2.24) is 4.31 Å². The smallest absolute Gasteiger partial charge is 0.270 e. The topological polar surface area (TPSA) is 125 Å². The van der Waals surface area contributed by atoms with Gasteiger partial charge >= 0.3 is 0 Å². The predicted octanol–water partition coefficient (Wildman–Crippen LogP) is 3.70. The van der Waals surface area contributed by atoms with E-state index in [4.69, 9.17) is 0 Å². The molecule has 0 aromatic heterocycles. The Morgan fingerprint density at radius 1 is 1.20 bits per heavy atom. The van der Waals surface area contributed by atoms with E-state index >= 15 is 0 Å². The third kappa shape index (κ3) is 4.44. The molecule has 3 rings (SSSR count). The number of hydrazone groups is 1. The zero-order valence-corrected chi connectivity index (χ0v) is 17.5. The summed E-state index contributed by atoms with van der Waals surface area (Å²) in [5.41, 5.74) is 2.90. The molecule has 2 atom stereocenters. The summed E-state index contributed by atoms with van der Waals surface area (Å²) in [6.07, 6.45) is 3.73. The highest BCUT2D eigenvalue weighted by Gasteiger charge is 2.37. The number of nitro benzene ring substituents is 1. The van der Waals surface area contributed by atoms with Crippen LogP contribution in [0, 0.1) is 10.1 Å². The maximum atomic E-state index is 13.5. The van der Waals surface area contributed by atoms with Crippen LogP contribution in [0.15, 0.2) is 52.5 Å². The minimum atomic E-state index is -4.01. The second-order valence-corrected chi connectivity index (χ2v) is 9.14. The third-order valence-corrected chi connectivity index (χ3v) is 7.34. The van der Waals surface area contributed by atoms with E-state index < -0.39 is 14.9 Å². The summed E-state index contributed by atoms with van der Waals surface area (Å²) in [5, 5.41) is 25.1. The number of phenolic OH excluding ortho intramolecular Hbond substituents is 1. The summed E-state index contributed by atoms with van der Waals surface area (Å²) >= 11 is 0. The van der Waals surface area contributed by atoms with Crippen molar-refractivity contribution >= 4 is 27.6 Å². The normalized spacial score (nSPS) is 20.3. The van der Waals surface area contributed by atoms with E-state index in [9.17, 15) is 23.6 Å². The van der Waals surface area contributed by atoms with Crippen molar-refractivity contribution in [3.05, 3.63) is 58.1 Å². The second kappa shape index (κ2) is 8.80. The minimum absolute atomic E-state index is 0.0237. The molecule has 9 nitrogen and oxygen atoms in total. The summed E-state index contributed by atoms with van der Waals surface area (Å²) in [4.78, 5) is 10.4. The lowest BCUT2D eigenvalue weighted by Gasteiger charge is -2.37. The lowest BCUT2D eigenvalue weighted by atomic mass is 10.0. The number of para-hydroxylation sites is 1. The molecule has 30 heavy (non-hydrogen) atoms. The van der Waals surface area contributed by atoms with Crippen LogP contribution in [0.4, 0.5) is 11.4 Å². The molecule has 0 bridgehead atoms. The summed E-state index contributed by atoms with van der Waals surface area (Å²) in [7, 11) is -4.01. The predicted molar refractivity (Wildman–Crippen MR) is 114 cm³/mol. The van der Waals surface area contributed by atoms with Crippen LogP contribution in [0.5, 0.6) is 5.75 Å². The molecular weight excluding hydrogens is 408 g/mol. The van der Waals surface area contributed by atoms with Gasteiger partial charge in [0.15, 0.2) is 0 Å². The van der Waals surface area contributed by atoms with Crippen LogP contribution in [0.2, 0.25) is 0 Å². The van der Waals surface area contributed by atoms with Crippen molar-refractivity contribution in [3.8, 4) is 5.75 Å². The van der Waals surface area contributed by atoms with E-state index in [1.54, 1.807) is 18.2 Å². The maximum Gasteiger partial charge on any atom is 0.270 e. The highest BCUT2D eigenvalue weighted by molar-refractivity contribution is 7.89. The first kappa shape index (κ1) is 21.7. The Hall–Kier alpha value is -2.98. The molecule has 0 amide bonds. The van der Waals surface area contributed by atoms with Crippen LogP contribution >= 0.6 is 0 Å². The van der Waals surface area contributed by atoms with Gasteiger partial charge in [-0.15, -0.1) is 0 Å². The fraction of sp³-hybridized carbons (Fsp3) is 0.350. The zero-order valence-electron chi connectivity index (χ0n) is 16.7. The number of benzene rings is 2. The molecule has 10 heteroatoms. The molecule has 0 spiro atoms. The highest BCUT2D eigenvalue weighted by Crippen LogP contribution is 2.34. The van der Waals surface area contributed by atoms with E-state index in [0.717, 1.165) is 25.3 Å². The number of hydrogen-bond donors (Lipinski definition) is 2. The summed E-state index contributed by atoms with van der Waals surface area (Å²) in [6, 6.07) is 9.72. The van der Waals surface area contributed by atoms with E-state index in [-0.39, 0.29) is 34.1 Å². The van der Waals surface area contributed by atoms with Crippen molar-refractivity contribution in [1.29, 1.82) is 0 Å². The zero-order chi connectivity index (χ0) is 21.9. The number of nitro groups is 1. The molecule has 0 unspecified atom stereocenters. The van der Waals surface area contributed by atoms with Crippen LogP contribution in [-0.2, 0) is 10.0 Å². The molecule has 1 aliphatic rings. The van der Waals surface area contributed by atoms with Crippen LogP contribution in [0.1, 0.15) is 38.7 Å². The Bertz CT molecular complexity index is 1060. The Morgan fingerprint density at radius 2 is 1.87 bits per heavy atom. The second-order valence-electron chi connectivity index (χ2n) is 7.33. The summed E-state index contributed by atoms with van der Waals surface area (Å²) < 4.78 is 28.3. The molecule has 160 valence electrons. The van der Waals surface area contributed by atoms with Crippen molar-refractivity contribution in [2.24, 2.45) is 5.10 Å². The number of nitrogens with zero attached hydrogens (tertiary/aromatic N) is 3. The van der Waals surface area contributed by atoms with Gasteiger partial charge in [0, 0.05) is 29.8 Å². The van der Waals surface area contributed by atoms with Gasteiger partial charge in [-0.05, 0) is 44.9 Å². The molecule has 2 N–H and O–H groups in total. The standard InChI is InChI=1S/C20H24N4O5S/c1-14-6-5-7-15(2)23(14)30(28,29)20-12-17(24(26)27)10-11-18(20)22-21-13-16-8-3-4-9-19(16)25/h3-4,8-15,22,25H,5-7H2,1-2H3/b21-13-/t14-,15-/m1/s1. The number of rotatable bonds is 6. The van der Waals surface area contributed by atoms with Crippen LogP contribution in [0.25, 0.3) is 0 Å². The lowest BCUT2D eigenvalue weighted by Crippen LogP contribution is -2.47. The monoisotopic (exact) mass is 432 g/mol. The largest absolute Gasteiger partial charge is 0.507 e. The highest BCUT2D eigenvalue weighted by atomic mass is 32.2. The first-order valence-corrected chi connectivity index (χ1v) is 11.0. The number of anilines is 1. The molecule has 1 saturated heterocycles. The number of non-ortho nitro benzene ring substituents is 1. The Labute approximate surface area is 175 Å². The molecule has 1 fully saturated rings. The van der Waals surface area contributed by atoms with E-state index in [1.807, 2.05) is 13.8 Å². The first-order chi connectivity index (χ1) is 14.2. The van der Waals surface area contributed by atoms with Gasteiger partial charge in [-0.2, -0.15) is 9.41 Å². The van der Waals surface area contributed by atoms with Crippen LogP contribution in [-0.4, -0.2) is 41.1 Å². The van der Waals surface area contributed by atoms with Gasteiger partial charge < -0.3 is 5.11 Å². The van der Waals surface area contributed by atoms with Crippen molar-refractivity contribution < 1.29 is 18.4 Å². The molecule has 0 aliphatic carbocycles. The van der Waals surface area contributed by atoms with Crippen LogP contribution < -0.4 is 5.43 Å². The van der Waals surface area contributed by atoms with Gasteiger partial charge in [-0.25, -0.2) is 8.42 Å². The van der Waals surface area contributed by atoms with Gasteiger partial charge in [0.25, 0.3) is 5.69 Å².